The molecule has 1 aromatic carbocycles. The van der Waals surface area contributed by atoms with Crippen LogP contribution in [0.1, 0.15) is 21.7 Å². The average Bonchev–Trinajstić information content (AvgIpc) is 2.84. The van der Waals surface area contributed by atoms with Gasteiger partial charge in [0.2, 0.25) is 0 Å². The van der Waals surface area contributed by atoms with Crippen LogP contribution in [0, 0.1) is 6.92 Å². The molecule has 0 fully saturated rings. The number of aromatic amines is 1. The quantitative estimate of drug-likeness (QED) is 0.849. The van der Waals surface area contributed by atoms with Gasteiger partial charge in [-0.3, -0.25) is 9.89 Å². The number of hydrogen-bond donors (Lipinski definition) is 2. The van der Waals surface area contributed by atoms with Crippen molar-refractivity contribution in [2.24, 2.45) is 0 Å². The predicted octanol–water partition coefficient (Wildman–Crippen LogP) is 1.09. The van der Waals surface area contributed by atoms with Crippen LogP contribution in [-0.4, -0.2) is 38.1 Å². The van der Waals surface area contributed by atoms with Crippen molar-refractivity contribution >= 4 is 5.91 Å². The summed E-state index contributed by atoms with van der Waals surface area (Å²) >= 11 is 0. The Morgan fingerprint density at radius 1 is 1.50 bits per heavy atom. The molecule has 2 rings (SSSR count). The van der Waals surface area contributed by atoms with Gasteiger partial charge in [0.05, 0.1) is 6.54 Å². The van der Waals surface area contributed by atoms with Gasteiger partial charge in [-0.25, -0.2) is 4.98 Å². The second-order valence-corrected chi connectivity index (χ2v) is 4.04. The second kappa shape index (κ2) is 4.87. The van der Waals surface area contributed by atoms with E-state index in [1.807, 2.05) is 0 Å². The number of carbonyl (C=O) groups is 1. The molecule has 2 aromatic rings. The fourth-order valence-electron chi connectivity index (χ4n) is 1.66. The summed E-state index contributed by atoms with van der Waals surface area (Å²) in [5.74, 6) is 0.567. The van der Waals surface area contributed by atoms with E-state index in [0.29, 0.717) is 23.5 Å². The number of amides is 1. The van der Waals surface area contributed by atoms with Crippen molar-refractivity contribution in [1.82, 2.24) is 20.1 Å². The smallest absolute Gasteiger partial charge is 0.254 e. The van der Waals surface area contributed by atoms with Gasteiger partial charge in [-0.2, -0.15) is 5.10 Å². The topological polar surface area (TPSA) is 82.1 Å². The molecule has 2 N–H and O–H groups in total. The number of hydrogen-bond acceptors (Lipinski definition) is 4. The molecule has 1 amide bonds. The number of phenols is 1. The lowest BCUT2D eigenvalue weighted by Crippen LogP contribution is -2.27. The van der Waals surface area contributed by atoms with Crippen LogP contribution in [-0.2, 0) is 6.54 Å². The van der Waals surface area contributed by atoms with E-state index in [1.165, 1.54) is 11.2 Å². The Hall–Kier alpha value is -2.37. The van der Waals surface area contributed by atoms with Gasteiger partial charge in [-0.05, 0) is 19.1 Å². The van der Waals surface area contributed by atoms with Crippen molar-refractivity contribution in [3.05, 3.63) is 41.5 Å². The van der Waals surface area contributed by atoms with Gasteiger partial charge in [0.1, 0.15) is 17.9 Å². The highest BCUT2D eigenvalue weighted by Gasteiger charge is 2.16. The van der Waals surface area contributed by atoms with Gasteiger partial charge in [0.15, 0.2) is 0 Å². The van der Waals surface area contributed by atoms with Crippen LogP contribution in [0.25, 0.3) is 0 Å². The first-order valence-electron chi connectivity index (χ1n) is 5.48. The molecule has 0 saturated carbocycles. The minimum Gasteiger partial charge on any atom is -0.508 e. The third kappa shape index (κ3) is 2.32. The number of aromatic hydroxyl groups is 1. The van der Waals surface area contributed by atoms with Crippen molar-refractivity contribution in [3.63, 3.8) is 0 Å². The number of benzene rings is 1. The zero-order valence-corrected chi connectivity index (χ0v) is 10.2. The van der Waals surface area contributed by atoms with E-state index in [-0.39, 0.29) is 11.7 Å². The van der Waals surface area contributed by atoms with Crippen molar-refractivity contribution in [1.29, 1.82) is 0 Å². The summed E-state index contributed by atoms with van der Waals surface area (Å²) in [7, 11) is 1.67. The van der Waals surface area contributed by atoms with Crippen molar-refractivity contribution in [3.8, 4) is 5.75 Å². The summed E-state index contributed by atoms with van der Waals surface area (Å²) in [6, 6.07) is 4.90. The van der Waals surface area contributed by atoms with E-state index in [1.54, 1.807) is 32.2 Å². The van der Waals surface area contributed by atoms with E-state index in [4.69, 9.17) is 0 Å². The number of rotatable bonds is 3. The molecule has 6 nitrogen and oxygen atoms in total. The first kappa shape index (κ1) is 12.1. The van der Waals surface area contributed by atoms with Crippen molar-refractivity contribution < 1.29 is 9.90 Å². The maximum absolute atomic E-state index is 12.2. The summed E-state index contributed by atoms with van der Waals surface area (Å²) in [5, 5.41) is 16.0. The summed E-state index contributed by atoms with van der Waals surface area (Å²) in [4.78, 5) is 17.7. The Labute approximate surface area is 104 Å². The molecule has 0 spiro atoms. The first-order valence-corrected chi connectivity index (χ1v) is 5.48. The molecule has 0 aliphatic heterocycles. The Morgan fingerprint density at radius 2 is 2.28 bits per heavy atom. The van der Waals surface area contributed by atoms with Crippen LogP contribution in [0.2, 0.25) is 0 Å². The molecule has 0 saturated heterocycles. The Bertz CT molecular complexity index is 551. The summed E-state index contributed by atoms with van der Waals surface area (Å²) in [6.45, 7) is 2.05. The van der Waals surface area contributed by atoms with Crippen LogP contribution >= 0.6 is 0 Å². The zero-order chi connectivity index (χ0) is 13.1. The van der Waals surface area contributed by atoms with Gasteiger partial charge in [0, 0.05) is 18.2 Å². The van der Waals surface area contributed by atoms with Crippen molar-refractivity contribution in [2.75, 3.05) is 7.05 Å². The minimum absolute atomic E-state index is 0.119. The monoisotopic (exact) mass is 246 g/mol. The number of nitrogens with zero attached hydrogens (tertiary/aromatic N) is 3. The molecule has 0 atom stereocenters. The maximum atomic E-state index is 12.2. The van der Waals surface area contributed by atoms with Gasteiger partial charge >= 0.3 is 0 Å². The molecule has 0 aliphatic rings. The highest BCUT2D eigenvalue weighted by Crippen LogP contribution is 2.20. The first-order chi connectivity index (χ1) is 8.59. The third-order valence-corrected chi connectivity index (χ3v) is 2.73. The van der Waals surface area contributed by atoms with E-state index < -0.39 is 0 Å². The molecule has 1 aromatic heterocycles. The number of phenolic OH excluding ortho intramolecular Hbond substituents is 1. The van der Waals surface area contributed by atoms with Crippen LogP contribution < -0.4 is 0 Å². The fourth-order valence-corrected chi connectivity index (χ4v) is 1.66. The molecule has 0 radical (unpaired) electrons. The summed E-state index contributed by atoms with van der Waals surface area (Å²) in [5.41, 5.74) is 1.06. The molecular weight excluding hydrogens is 232 g/mol. The molecule has 6 heteroatoms. The Morgan fingerprint density at radius 3 is 2.94 bits per heavy atom. The van der Waals surface area contributed by atoms with Crippen LogP contribution in [0.4, 0.5) is 0 Å². The molecule has 0 aliphatic carbocycles. The predicted molar refractivity (Wildman–Crippen MR) is 65.0 cm³/mol. The van der Waals surface area contributed by atoms with Gasteiger partial charge in [-0.15, -0.1) is 0 Å². The minimum atomic E-state index is -0.167. The normalized spacial score (nSPS) is 10.3. The lowest BCUT2D eigenvalue weighted by Gasteiger charge is -2.17. The molecule has 0 bridgehead atoms. The molecule has 18 heavy (non-hydrogen) atoms. The maximum Gasteiger partial charge on any atom is 0.254 e. The van der Waals surface area contributed by atoms with Crippen LogP contribution in [0.5, 0.6) is 5.75 Å². The van der Waals surface area contributed by atoms with E-state index in [2.05, 4.69) is 15.2 Å². The lowest BCUT2D eigenvalue weighted by atomic mass is 10.1. The largest absolute Gasteiger partial charge is 0.508 e. The average molecular weight is 246 g/mol. The molecule has 1 heterocycles. The summed E-state index contributed by atoms with van der Waals surface area (Å²) in [6.07, 6.45) is 1.40. The highest BCUT2D eigenvalue weighted by molar-refractivity contribution is 5.96. The summed E-state index contributed by atoms with van der Waals surface area (Å²) < 4.78 is 0. The second-order valence-electron chi connectivity index (χ2n) is 4.04. The molecule has 0 unspecified atom stereocenters. The van der Waals surface area contributed by atoms with Gasteiger partial charge in [-0.1, -0.05) is 6.07 Å². The third-order valence-electron chi connectivity index (χ3n) is 2.73. The standard InChI is InChI=1S/C12H14N4O2/c1-8-9(4-3-5-10(8)17)12(18)16(2)6-11-13-7-14-15-11/h3-5,7,17H,6H2,1-2H3,(H,13,14,15). The molecular formula is C12H14N4O2. The molecule has 94 valence electrons. The van der Waals surface area contributed by atoms with Crippen molar-refractivity contribution in [2.45, 2.75) is 13.5 Å². The number of aromatic nitrogens is 3. The lowest BCUT2D eigenvalue weighted by molar-refractivity contribution is 0.0780. The Kier molecular flexibility index (Phi) is 3.27. The van der Waals surface area contributed by atoms with Crippen LogP contribution in [0.3, 0.4) is 0 Å². The van der Waals surface area contributed by atoms with E-state index >= 15 is 0 Å². The van der Waals surface area contributed by atoms with Gasteiger partial charge < -0.3 is 10.0 Å². The van der Waals surface area contributed by atoms with E-state index in [0.717, 1.165) is 0 Å². The number of H-pyrrole nitrogens is 1. The van der Waals surface area contributed by atoms with E-state index in [9.17, 15) is 9.90 Å². The number of carbonyl (C=O) groups excluding carboxylic acids is 1. The zero-order valence-electron chi connectivity index (χ0n) is 10.2. The highest BCUT2D eigenvalue weighted by atomic mass is 16.3. The fraction of sp³-hybridized carbons (Fsp3) is 0.250. The van der Waals surface area contributed by atoms with Gasteiger partial charge in [0.25, 0.3) is 5.91 Å². The van der Waals surface area contributed by atoms with Crippen LogP contribution in [0.15, 0.2) is 24.5 Å². The SMILES string of the molecule is Cc1c(O)cccc1C(=O)N(C)Cc1ncn[nH]1. The Balaban J connectivity index is 2.18. The number of nitrogens with one attached hydrogen (secondary N) is 1.